The largest absolute Gasteiger partial charge is 0.454 e. The third-order valence-electron chi connectivity index (χ3n) is 9.53. The number of fused-ring (bicyclic) bond motifs is 1. The van der Waals surface area contributed by atoms with Crippen LogP contribution in [0.2, 0.25) is 0 Å². The molecule has 1 unspecified atom stereocenters. The molecule has 56 heavy (non-hydrogen) atoms. The van der Waals surface area contributed by atoms with Gasteiger partial charge in [0.05, 0.1) is 16.1 Å². The van der Waals surface area contributed by atoms with Gasteiger partial charge in [-0.2, -0.15) is 28.6 Å². The van der Waals surface area contributed by atoms with Crippen molar-refractivity contribution in [1.82, 2.24) is 13.8 Å². The van der Waals surface area contributed by atoms with Crippen LogP contribution in [0, 0.1) is 18.6 Å². The van der Waals surface area contributed by atoms with Crippen LogP contribution in [0.1, 0.15) is 53.4 Å². The van der Waals surface area contributed by atoms with Crippen LogP contribution in [0.3, 0.4) is 0 Å². The average Bonchev–Trinajstić information content (AvgIpc) is 3.86. The number of Topliss-reactive ketones (excluding diaryl/α,β-unsaturated/α-hetero) is 1. The van der Waals surface area contributed by atoms with E-state index in [1.54, 1.807) is 58.7 Å². The van der Waals surface area contributed by atoms with Crippen molar-refractivity contribution in [3.05, 3.63) is 130 Å². The van der Waals surface area contributed by atoms with Crippen molar-refractivity contribution in [3.8, 4) is 22.8 Å². The standard InChI is InChI=1S/C42H40BrF2N3O5S3/c1-28-8-11-32(12-9-28)56(50,51)48-19-14-33-34(16-21-54-23-24-55-22-17-40(49)29-5-4-6-30(43)25-29)42(37(45)27-39(33)48)53-31-10-13-36(44)35(26-31)38-15-18-47(46-38)41-7-2-3-20-52-41/h4-6,8-15,18-19,25-27,41H,2-3,7,16-17,20-24H2,1H3. The van der Waals surface area contributed by atoms with Gasteiger partial charge in [0, 0.05) is 75.3 Å². The molecule has 7 rings (SSSR count). The second-order valence-electron chi connectivity index (χ2n) is 13.4. The van der Waals surface area contributed by atoms with Crippen molar-refractivity contribution in [3.63, 3.8) is 0 Å². The molecule has 1 saturated heterocycles. The van der Waals surface area contributed by atoms with Crippen LogP contribution in [0.15, 0.2) is 107 Å². The summed E-state index contributed by atoms with van der Waals surface area (Å²) < 4.78 is 74.9. The molecule has 0 aliphatic carbocycles. The van der Waals surface area contributed by atoms with E-state index in [-0.39, 0.29) is 39.5 Å². The van der Waals surface area contributed by atoms with E-state index in [1.807, 2.05) is 31.2 Å². The monoisotopic (exact) mass is 879 g/mol. The van der Waals surface area contributed by atoms with Gasteiger partial charge in [-0.3, -0.25) is 4.79 Å². The Labute approximate surface area is 342 Å². The van der Waals surface area contributed by atoms with Crippen molar-refractivity contribution < 1.29 is 31.5 Å². The fraction of sp³-hybridized carbons (Fsp3) is 0.286. The summed E-state index contributed by atoms with van der Waals surface area (Å²) in [5, 5.41) is 5.12. The molecule has 292 valence electrons. The molecule has 1 fully saturated rings. The van der Waals surface area contributed by atoms with E-state index >= 15 is 8.78 Å². The first-order chi connectivity index (χ1) is 27.1. The lowest BCUT2D eigenvalue weighted by molar-refractivity contribution is -0.0393. The number of rotatable bonds is 16. The lowest BCUT2D eigenvalue weighted by atomic mass is 10.1. The number of nitrogens with zero attached hydrogens (tertiary/aromatic N) is 3. The van der Waals surface area contributed by atoms with Gasteiger partial charge < -0.3 is 9.47 Å². The Bertz CT molecular complexity index is 2450. The van der Waals surface area contributed by atoms with Gasteiger partial charge in [-0.1, -0.05) is 45.8 Å². The summed E-state index contributed by atoms with van der Waals surface area (Å²) in [6, 6.07) is 22.7. The molecule has 0 radical (unpaired) electrons. The first-order valence-corrected chi connectivity index (χ1v) is 22.9. The number of ketones is 1. The number of carbonyl (C=O) groups excluding carboxylic acids is 1. The zero-order valence-electron chi connectivity index (χ0n) is 30.6. The summed E-state index contributed by atoms with van der Waals surface area (Å²) in [6.07, 6.45) is 6.63. The van der Waals surface area contributed by atoms with Crippen molar-refractivity contribution in [2.75, 3.05) is 29.6 Å². The van der Waals surface area contributed by atoms with E-state index in [0.29, 0.717) is 53.2 Å². The minimum absolute atomic E-state index is 0.0530. The first-order valence-electron chi connectivity index (χ1n) is 18.3. The summed E-state index contributed by atoms with van der Waals surface area (Å²) >= 11 is 6.79. The molecule has 1 aliphatic rings. The number of benzene rings is 4. The number of hydrogen-bond donors (Lipinski definition) is 0. The van der Waals surface area contributed by atoms with Crippen LogP contribution < -0.4 is 4.74 Å². The smallest absolute Gasteiger partial charge is 0.268 e. The number of carbonyl (C=O) groups is 1. The number of ether oxygens (including phenoxy) is 2. The molecule has 6 aromatic rings. The Balaban J connectivity index is 1.10. The zero-order chi connectivity index (χ0) is 39.2. The third-order valence-corrected chi connectivity index (χ3v) is 14.0. The lowest BCUT2D eigenvalue weighted by Gasteiger charge is -2.22. The molecule has 3 heterocycles. The molecule has 0 amide bonds. The van der Waals surface area contributed by atoms with Crippen molar-refractivity contribution >= 4 is 66.2 Å². The summed E-state index contributed by atoms with van der Waals surface area (Å²) in [4.78, 5) is 12.7. The van der Waals surface area contributed by atoms with Crippen LogP contribution >= 0.6 is 39.5 Å². The maximum atomic E-state index is 16.3. The van der Waals surface area contributed by atoms with E-state index in [1.165, 1.54) is 42.6 Å². The zero-order valence-corrected chi connectivity index (χ0v) is 34.7. The highest BCUT2D eigenvalue weighted by Crippen LogP contribution is 2.38. The molecule has 0 saturated carbocycles. The second-order valence-corrected chi connectivity index (χ2v) is 18.6. The topological polar surface area (TPSA) is 92.4 Å². The van der Waals surface area contributed by atoms with Gasteiger partial charge in [0.1, 0.15) is 17.8 Å². The fourth-order valence-corrected chi connectivity index (χ4v) is 10.4. The third kappa shape index (κ3) is 9.26. The fourth-order valence-electron chi connectivity index (χ4n) is 6.59. The predicted molar refractivity (Wildman–Crippen MR) is 224 cm³/mol. The van der Waals surface area contributed by atoms with Crippen LogP contribution in [-0.2, 0) is 21.2 Å². The van der Waals surface area contributed by atoms with Crippen molar-refractivity contribution in [2.45, 2.75) is 50.2 Å². The number of hydrogen-bond acceptors (Lipinski definition) is 8. The highest BCUT2D eigenvalue weighted by molar-refractivity contribution is 9.10. The molecule has 0 spiro atoms. The summed E-state index contributed by atoms with van der Waals surface area (Å²) in [6.45, 7) is 2.52. The second kappa shape index (κ2) is 18.1. The van der Waals surface area contributed by atoms with Crippen molar-refractivity contribution in [2.24, 2.45) is 0 Å². The normalized spacial score (nSPS) is 14.7. The number of aromatic nitrogens is 3. The van der Waals surface area contributed by atoms with Crippen LogP contribution in [0.5, 0.6) is 11.5 Å². The molecule has 1 aliphatic heterocycles. The van der Waals surface area contributed by atoms with Crippen LogP contribution in [0.25, 0.3) is 22.2 Å². The minimum atomic E-state index is -4.04. The van der Waals surface area contributed by atoms with E-state index in [9.17, 15) is 13.2 Å². The van der Waals surface area contributed by atoms with Crippen molar-refractivity contribution in [1.29, 1.82) is 0 Å². The summed E-state index contributed by atoms with van der Waals surface area (Å²) in [5.74, 6) is 1.92. The molecule has 0 N–H and O–H groups in total. The molecule has 4 aromatic carbocycles. The van der Waals surface area contributed by atoms with E-state index < -0.39 is 21.7 Å². The Kier molecular flexibility index (Phi) is 13.0. The summed E-state index contributed by atoms with van der Waals surface area (Å²) in [7, 11) is -4.04. The Morgan fingerprint density at radius 2 is 1.73 bits per heavy atom. The van der Waals surface area contributed by atoms with Gasteiger partial charge >= 0.3 is 0 Å². The maximum absolute atomic E-state index is 16.3. The van der Waals surface area contributed by atoms with E-state index in [2.05, 4.69) is 21.0 Å². The van der Waals surface area contributed by atoms with E-state index in [0.717, 1.165) is 44.8 Å². The Morgan fingerprint density at radius 3 is 2.50 bits per heavy atom. The number of aryl methyl sites for hydroxylation is 2. The molecule has 0 bridgehead atoms. The van der Waals surface area contributed by atoms with E-state index in [4.69, 9.17) is 9.47 Å². The Hall–Kier alpha value is -3.95. The maximum Gasteiger partial charge on any atom is 0.268 e. The highest BCUT2D eigenvalue weighted by atomic mass is 79.9. The molecular formula is C42H40BrF2N3O5S3. The Morgan fingerprint density at radius 1 is 0.929 bits per heavy atom. The van der Waals surface area contributed by atoms with Crippen LogP contribution in [-0.4, -0.2) is 57.6 Å². The SMILES string of the molecule is Cc1ccc(S(=O)(=O)n2ccc3c(CCSCCSCCC(=O)c4cccc(Br)c4)c(Oc4ccc(F)c(-c5ccn(C6CCCCO6)n5)c4)c(F)cc32)cc1. The van der Waals surface area contributed by atoms with Crippen LogP contribution in [0.4, 0.5) is 8.78 Å². The highest BCUT2D eigenvalue weighted by Gasteiger charge is 2.25. The molecule has 8 nitrogen and oxygen atoms in total. The van der Waals surface area contributed by atoms with Gasteiger partial charge in [0.25, 0.3) is 10.0 Å². The lowest BCUT2D eigenvalue weighted by Crippen LogP contribution is -2.18. The summed E-state index contributed by atoms with van der Waals surface area (Å²) in [5.41, 5.74) is 2.88. The predicted octanol–water partition coefficient (Wildman–Crippen LogP) is 10.9. The number of thioether (sulfide) groups is 2. The number of halogens is 3. The molecular weight excluding hydrogens is 841 g/mol. The van der Waals surface area contributed by atoms with Gasteiger partial charge in [-0.15, -0.1) is 0 Å². The quantitative estimate of drug-likeness (QED) is 0.0701. The molecule has 1 atom stereocenters. The minimum Gasteiger partial charge on any atom is -0.454 e. The van der Waals surface area contributed by atoms with Gasteiger partial charge in [0.2, 0.25) is 0 Å². The average molecular weight is 881 g/mol. The van der Waals surface area contributed by atoms with Gasteiger partial charge in [0.15, 0.2) is 17.3 Å². The van der Waals surface area contributed by atoms with Gasteiger partial charge in [-0.05, 0) is 93.0 Å². The van der Waals surface area contributed by atoms with Gasteiger partial charge in [-0.25, -0.2) is 25.9 Å². The molecule has 2 aromatic heterocycles. The first kappa shape index (κ1) is 40.3. The molecule has 14 heteroatoms.